The van der Waals surface area contributed by atoms with Crippen LogP contribution in [0.1, 0.15) is 18.2 Å². The molecule has 0 aliphatic heterocycles. The molecule has 2 N–H and O–H groups in total. The van der Waals surface area contributed by atoms with Crippen molar-refractivity contribution in [2.75, 3.05) is 13.2 Å². The monoisotopic (exact) mass is 281 g/mol. The molecule has 0 radical (unpaired) electrons. The number of hydrogen-bond acceptors (Lipinski definition) is 3. The van der Waals surface area contributed by atoms with Crippen LogP contribution in [0.25, 0.3) is 5.69 Å². The van der Waals surface area contributed by atoms with Crippen LogP contribution in [-0.4, -0.2) is 29.4 Å². The third-order valence-corrected chi connectivity index (χ3v) is 2.87. The average Bonchev–Trinajstić information content (AvgIpc) is 2.93. The van der Waals surface area contributed by atoms with Gasteiger partial charge in [0.15, 0.2) is 0 Å². The van der Waals surface area contributed by atoms with Gasteiger partial charge in [-0.3, -0.25) is 0 Å². The summed E-state index contributed by atoms with van der Waals surface area (Å²) in [6.45, 7) is -0.351. The Hall–Kier alpha value is -1.79. The van der Waals surface area contributed by atoms with Gasteiger partial charge in [-0.25, -0.2) is 13.5 Å². The topological polar surface area (TPSA) is 53.1 Å². The van der Waals surface area contributed by atoms with E-state index < -0.39 is 13.0 Å². The fraction of sp³-hybridized carbons (Fsp3) is 0.357. The molecule has 0 aliphatic rings. The van der Waals surface area contributed by atoms with Crippen molar-refractivity contribution in [2.45, 2.75) is 18.9 Å². The number of rotatable bonds is 7. The van der Waals surface area contributed by atoms with Gasteiger partial charge in [0.2, 0.25) is 0 Å². The highest BCUT2D eigenvalue weighted by molar-refractivity contribution is 5.33. The van der Waals surface area contributed by atoms with Crippen LogP contribution >= 0.6 is 0 Å². The molecule has 1 aromatic heterocycles. The van der Waals surface area contributed by atoms with Gasteiger partial charge in [-0.2, -0.15) is 5.10 Å². The zero-order valence-corrected chi connectivity index (χ0v) is 11.0. The Kier molecular flexibility index (Phi) is 5.20. The first-order valence-corrected chi connectivity index (χ1v) is 6.39. The van der Waals surface area contributed by atoms with Gasteiger partial charge in [0.25, 0.3) is 6.43 Å². The third-order valence-electron chi connectivity index (χ3n) is 2.87. The predicted molar refractivity (Wildman–Crippen MR) is 71.9 cm³/mol. The number of halogens is 2. The Morgan fingerprint density at radius 3 is 2.65 bits per heavy atom. The summed E-state index contributed by atoms with van der Waals surface area (Å²) in [5.74, 6) is 0. The molecule has 20 heavy (non-hydrogen) atoms. The predicted octanol–water partition coefficient (Wildman–Crippen LogP) is 2.54. The van der Waals surface area contributed by atoms with Crippen molar-refractivity contribution in [3.05, 3.63) is 48.3 Å². The maximum absolute atomic E-state index is 11.9. The van der Waals surface area contributed by atoms with E-state index in [-0.39, 0.29) is 12.6 Å². The third kappa shape index (κ3) is 3.85. The number of alkyl halides is 2. The maximum Gasteiger partial charge on any atom is 0.261 e. The van der Waals surface area contributed by atoms with Crippen LogP contribution in [0.15, 0.2) is 42.6 Å². The lowest BCUT2D eigenvalue weighted by atomic mass is 10.1. The van der Waals surface area contributed by atoms with Crippen molar-refractivity contribution < 1.29 is 13.5 Å². The molecule has 0 spiro atoms. The zero-order chi connectivity index (χ0) is 14.4. The molecule has 0 saturated heterocycles. The van der Waals surface area contributed by atoms with Crippen LogP contribution in [0.3, 0.4) is 0 Å². The number of benzene rings is 1. The van der Waals surface area contributed by atoms with E-state index in [1.165, 1.54) is 0 Å². The van der Waals surface area contributed by atoms with E-state index in [4.69, 9.17) is 10.5 Å². The summed E-state index contributed by atoms with van der Waals surface area (Å²) in [4.78, 5) is 0. The molecular formula is C14H17F2N3O. The number of nitrogens with two attached hydrogens (primary N) is 1. The lowest BCUT2D eigenvalue weighted by Gasteiger charge is -2.14. The largest absolute Gasteiger partial charge is 0.375 e. The molecule has 1 heterocycles. The van der Waals surface area contributed by atoms with Gasteiger partial charge in [-0.05, 0) is 24.6 Å². The van der Waals surface area contributed by atoms with E-state index in [1.807, 2.05) is 36.4 Å². The van der Waals surface area contributed by atoms with Crippen LogP contribution in [-0.2, 0) is 4.74 Å². The van der Waals surface area contributed by atoms with Crippen LogP contribution in [0.4, 0.5) is 8.78 Å². The fourth-order valence-corrected chi connectivity index (χ4v) is 1.91. The molecular weight excluding hydrogens is 264 g/mol. The zero-order valence-electron chi connectivity index (χ0n) is 11.0. The number of ether oxygens (including phenoxy) is 1. The summed E-state index contributed by atoms with van der Waals surface area (Å²) >= 11 is 0. The Bertz CT molecular complexity index is 516. The second kappa shape index (κ2) is 7.12. The molecule has 1 atom stereocenters. The van der Waals surface area contributed by atoms with Gasteiger partial charge < -0.3 is 10.5 Å². The van der Waals surface area contributed by atoms with Crippen molar-refractivity contribution in [1.29, 1.82) is 0 Å². The summed E-state index contributed by atoms with van der Waals surface area (Å²) < 4.78 is 30.5. The molecule has 6 heteroatoms. The first kappa shape index (κ1) is 14.6. The van der Waals surface area contributed by atoms with Crippen molar-refractivity contribution in [3.8, 4) is 5.69 Å². The maximum atomic E-state index is 11.9. The molecule has 0 fully saturated rings. The molecule has 0 bridgehead atoms. The highest BCUT2D eigenvalue weighted by atomic mass is 19.3. The quantitative estimate of drug-likeness (QED) is 0.793. The molecule has 0 saturated carbocycles. The molecule has 108 valence electrons. The SMILES string of the molecule is NC(CCOCC(F)F)c1ccnn1-c1ccccc1. The Morgan fingerprint density at radius 2 is 1.95 bits per heavy atom. The van der Waals surface area contributed by atoms with Crippen LogP contribution in [0.5, 0.6) is 0 Å². The summed E-state index contributed by atoms with van der Waals surface area (Å²) in [5.41, 5.74) is 7.81. The fourth-order valence-electron chi connectivity index (χ4n) is 1.91. The van der Waals surface area contributed by atoms with Crippen molar-refractivity contribution >= 4 is 0 Å². The first-order chi connectivity index (χ1) is 9.68. The van der Waals surface area contributed by atoms with Gasteiger partial charge in [0, 0.05) is 18.8 Å². The number of nitrogens with zero attached hydrogens (tertiary/aromatic N) is 2. The minimum absolute atomic E-state index is 0.200. The minimum atomic E-state index is -2.44. The van der Waals surface area contributed by atoms with E-state index in [0.717, 1.165) is 11.4 Å². The summed E-state index contributed by atoms with van der Waals surface area (Å²) in [5, 5.41) is 4.24. The Labute approximate surface area is 116 Å². The van der Waals surface area contributed by atoms with Gasteiger partial charge in [-0.1, -0.05) is 18.2 Å². The molecule has 2 aromatic rings. The standard InChI is InChI=1S/C14H17F2N3O/c15-14(16)10-20-9-7-12(17)13-6-8-18-19(13)11-4-2-1-3-5-11/h1-6,8,12,14H,7,9-10,17H2. The first-order valence-electron chi connectivity index (χ1n) is 6.39. The van der Waals surface area contributed by atoms with Gasteiger partial charge >= 0.3 is 0 Å². The van der Waals surface area contributed by atoms with Crippen molar-refractivity contribution in [3.63, 3.8) is 0 Å². The molecule has 0 amide bonds. The Balaban J connectivity index is 1.97. The minimum Gasteiger partial charge on any atom is -0.375 e. The number of aromatic nitrogens is 2. The highest BCUT2D eigenvalue weighted by Gasteiger charge is 2.13. The van der Waals surface area contributed by atoms with E-state index >= 15 is 0 Å². The highest BCUT2D eigenvalue weighted by Crippen LogP contribution is 2.18. The smallest absolute Gasteiger partial charge is 0.261 e. The Morgan fingerprint density at radius 1 is 1.20 bits per heavy atom. The van der Waals surface area contributed by atoms with Crippen LogP contribution in [0.2, 0.25) is 0 Å². The number of hydrogen-bond donors (Lipinski definition) is 1. The summed E-state index contributed by atoms with van der Waals surface area (Å²) in [7, 11) is 0. The molecule has 1 aromatic carbocycles. The van der Waals surface area contributed by atoms with E-state index in [0.29, 0.717) is 6.42 Å². The molecule has 1 unspecified atom stereocenters. The van der Waals surface area contributed by atoms with Gasteiger partial charge in [0.1, 0.15) is 6.61 Å². The molecule has 4 nitrogen and oxygen atoms in total. The van der Waals surface area contributed by atoms with Crippen LogP contribution < -0.4 is 5.73 Å². The molecule has 0 aliphatic carbocycles. The van der Waals surface area contributed by atoms with E-state index in [2.05, 4.69) is 5.10 Å². The second-order valence-electron chi connectivity index (χ2n) is 4.36. The summed E-state index contributed by atoms with van der Waals surface area (Å²) in [6, 6.07) is 11.1. The van der Waals surface area contributed by atoms with Gasteiger partial charge in [0.05, 0.1) is 11.4 Å². The van der Waals surface area contributed by atoms with Crippen LogP contribution in [0, 0.1) is 0 Å². The van der Waals surface area contributed by atoms with Crippen molar-refractivity contribution in [2.24, 2.45) is 5.73 Å². The van der Waals surface area contributed by atoms with E-state index in [9.17, 15) is 8.78 Å². The lowest BCUT2D eigenvalue weighted by Crippen LogP contribution is -2.18. The van der Waals surface area contributed by atoms with Crippen molar-refractivity contribution in [1.82, 2.24) is 9.78 Å². The lowest BCUT2D eigenvalue weighted by molar-refractivity contribution is 0.0151. The average molecular weight is 281 g/mol. The van der Waals surface area contributed by atoms with E-state index in [1.54, 1.807) is 10.9 Å². The summed E-state index contributed by atoms with van der Waals surface area (Å²) in [6.07, 6.45) is -0.311. The number of para-hydroxylation sites is 1. The second-order valence-corrected chi connectivity index (χ2v) is 4.36. The van der Waals surface area contributed by atoms with Gasteiger partial charge in [-0.15, -0.1) is 0 Å². The molecule has 2 rings (SSSR count). The normalized spacial score (nSPS) is 12.8.